The third-order valence-corrected chi connectivity index (χ3v) is 6.55. The molecule has 2 aliphatic heterocycles. The second-order valence-corrected chi connectivity index (χ2v) is 8.54. The average Bonchev–Trinajstić information content (AvgIpc) is 3.22. The van der Waals surface area contributed by atoms with Crippen molar-refractivity contribution in [2.75, 3.05) is 44.2 Å². The molecule has 8 heteroatoms. The zero-order valence-electron chi connectivity index (χ0n) is 18.2. The Morgan fingerprint density at radius 1 is 0.935 bits per heavy atom. The number of nitrogens with zero attached hydrogens (tertiary/aromatic N) is 5. The number of para-hydroxylation sites is 1. The summed E-state index contributed by atoms with van der Waals surface area (Å²) in [6.45, 7) is 6.64. The van der Waals surface area contributed by atoms with E-state index < -0.39 is 0 Å². The maximum absolute atomic E-state index is 12.7. The lowest BCUT2D eigenvalue weighted by Crippen LogP contribution is -2.48. The zero-order valence-corrected chi connectivity index (χ0v) is 18.2. The minimum absolute atomic E-state index is 0.0737. The molecule has 2 saturated heterocycles. The molecule has 2 amide bonds. The van der Waals surface area contributed by atoms with E-state index in [1.54, 1.807) is 6.92 Å². The maximum atomic E-state index is 12.7. The molecular formula is C23H31N5O3. The van der Waals surface area contributed by atoms with Gasteiger partial charge in [0, 0.05) is 51.4 Å². The minimum atomic E-state index is 0.0737. The van der Waals surface area contributed by atoms with Gasteiger partial charge < -0.3 is 14.7 Å². The summed E-state index contributed by atoms with van der Waals surface area (Å²) in [5, 5.41) is 7.53. The Morgan fingerprint density at radius 2 is 1.61 bits per heavy atom. The number of hydrogen-bond donors (Lipinski definition) is 0. The van der Waals surface area contributed by atoms with Crippen LogP contribution >= 0.6 is 0 Å². The van der Waals surface area contributed by atoms with Crippen LogP contribution in [0.15, 0.2) is 35.0 Å². The summed E-state index contributed by atoms with van der Waals surface area (Å²) in [4.78, 5) is 31.4. The van der Waals surface area contributed by atoms with Crippen molar-refractivity contribution < 1.29 is 14.2 Å². The first-order chi connectivity index (χ1) is 15.1. The van der Waals surface area contributed by atoms with Crippen LogP contribution in [0.2, 0.25) is 0 Å². The van der Waals surface area contributed by atoms with Crippen LogP contribution in [0, 0.1) is 12.8 Å². The van der Waals surface area contributed by atoms with E-state index in [1.807, 2.05) is 15.9 Å². The predicted octanol–water partition coefficient (Wildman–Crippen LogP) is 2.29. The zero-order chi connectivity index (χ0) is 21.6. The highest BCUT2D eigenvalue weighted by atomic mass is 16.6. The monoisotopic (exact) mass is 425 g/mol. The van der Waals surface area contributed by atoms with Gasteiger partial charge in [-0.15, -0.1) is 0 Å². The number of piperazine rings is 1. The van der Waals surface area contributed by atoms with Crippen molar-refractivity contribution in [1.29, 1.82) is 0 Å². The fraction of sp³-hybridized carbons (Fsp3) is 0.565. The SMILES string of the molecule is Cc1nonc1CC(=O)N1CCC(CCC(=O)N2CCN(c3ccccc3)CC2)CC1. The van der Waals surface area contributed by atoms with Crippen molar-refractivity contribution in [1.82, 2.24) is 20.1 Å². The fourth-order valence-corrected chi connectivity index (χ4v) is 4.47. The number of likely N-dealkylation sites (tertiary alicyclic amines) is 1. The Hall–Kier alpha value is -2.90. The second kappa shape index (κ2) is 9.94. The number of carbonyl (C=O) groups excluding carboxylic acids is 2. The number of aromatic nitrogens is 2. The maximum Gasteiger partial charge on any atom is 0.228 e. The van der Waals surface area contributed by atoms with Crippen LogP contribution in [-0.4, -0.2) is 71.2 Å². The summed E-state index contributed by atoms with van der Waals surface area (Å²) in [5.41, 5.74) is 2.52. The summed E-state index contributed by atoms with van der Waals surface area (Å²) in [7, 11) is 0. The summed E-state index contributed by atoms with van der Waals surface area (Å²) in [6.07, 6.45) is 3.67. The summed E-state index contributed by atoms with van der Waals surface area (Å²) in [6, 6.07) is 10.4. The highest BCUT2D eigenvalue weighted by molar-refractivity contribution is 5.78. The lowest BCUT2D eigenvalue weighted by Gasteiger charge is -2.36. The molecule has 1 aromatic carbocycles. The number of benzene rings is 1. The van der Waals surface area contributed by atoms with Crippen LogP contribution in [0.4, 0.5) is 5.69 Å². The van der Waals surface area contributed by atoms with Crippen LogP contribution in [0.25, 0.3) is 0 Å². The molecule has 8 nitrogen and oxygen atoms in total. The highest BCUT2D eigenvalue weighted by Gasteiger charge is 2.26. The molecule has 0 N–H and O–H groups in total. The molecule has 0 aliphatic carbocycles. The van der Waals surface area contributed by atoms with Crippen molar-refractivity contribution in [2.24, 2.45) is 5.92 Å². The molecule has 0 spiro atoms. The quantitative estimate of drug-likeness (QED) is 0.706. The number of carbonyl (C=O) groups is 2. The first-order valence-electron chi connectivity index (χ1n) is 11.2. The summed E-state index contributed by atoms with van der Waals surface area (Å²) >= 11 is 0. The number of amides is 2. The summed E-state index contributed by atoms with van der Waals surface area (Å²) < 4.78 is 4.67. The Morgan fingerprint density at radius 3 is 2.26 bits per heavy atom. The van der Waals surface area contributed by atoms with E-state index in [2.05, 4.69) is 44.1 Å². The van der Waals surface area contributed by atoms with E-state index in [0.29, 0.717) is 23.7 Å². The Labute approximate surface area is 183 Å². The molecule has 0 radical (unpaired) electrons. The van der Waals surface area contributed by atoms with Crippen LogP contribution in [0.5, 0.6) is 0 Å². The predicted molar refractivity (Wildman–Crippen MR) is 117 cm³/mol. The van der Waals surface area contributed by atoms with Gasteiger partial charge in [-0.1, -0.05) is 28.5 Å². The molecule has 0 atom stereocenters. The Bertz CT molecular complexity index is 868. The molecule has 2 aromatic rings. The second-order valence-electron chi connectivity index (χ2n) is 8.54. The van der Waals surface area contributed by atoms with Gasteiger partial charge in [-0.05, 0) is 44.2 Å². The number of piperidine rings is 1. The van der Waals surface area contributed by atoms with E-state index in [4.69, 9.17) is 0 Å². The first kappa shape index (κ1) is 21.3. The van der Waals surface area contributed by atoms with Gasteiger partial charge in [0.05, 0.1) is 6.42 Å². The van der Waals surface area contributed by atoms with Gasteiger partial charge in [0.15, 0.2) is 0 Å². The molecule has 1 aromatic heterocycles. The van der Waals surface area contributed by atoms with Gasteiger partial charge in [-0.25, -0.2) is 4.63 Å². The fourth-order valence-electron chi connectivity index (χ4n) is 4.47. The van der Waals surface area contributed by atoms with Crippen LogP contribution in [-0.2, 0) is 16.0 Å². The number of rotatable bonds is 6. The third kappa shape index (κ3) is 5.42. The first-order valence-corrected chi connectivity index (χ1v) is 11.2. The molecule has 0 saturated carbocycles. The van der Waals surface area contributed by atoms with Crippen LogP contribution in [0.3, 0.4) is 0 Å². The van der Waals surface area contributed by atoms with Crippen molar-refractivity contribution in [3.8, 4) is 0 Å². The van der Waals surface area contributed by atoms with Crippen molar-refractivity contribution in [3.05, 3.63) is 41.7 Å². The van der Waals surface area contributed by atoms with Crippen LogP contribution in [0.1, 0.15) is 37.1 Å². The number of aryl methyl sites for hydroxylation is 1. The number of anilines is 1. The van der Waals surface area contributed by atoms with E-state index in [-0.39, 0.29) is 18.2 Å². The third-order valence-electron chi connectivity index (χ3n) is 6.55. The number of hydrogen-bond acceptors (Lipinski definition) is 6. The van der Waals surface area contributed by atoms with Gasteiger partial charge >= 0.3 is 0 Å². The molecular weight excluding hydrogens is 394 g/mol. The topological polar surface area (TPSA) is 82.8 Å². The molecule has 0 bridgehead atoms. The van der Waals surface area contributed by atoms with Gasteiger partial charge in [0.1, 0.15) is 11.4 Å². The van der Waals surface area contributed by atoms with Gasteiger partial charge in [0.2, 0.25) is 11.8 Å². The molecule has 2 aliphatic rings. The van der Waals surface area contributed by atoms with Crippen molar-refractivity contribution >= 4 is 17.5 Å². The molecule has 31 heavy (non-hydrogen) atoms. The van der Waals surface area contributed by atoms with E-state index >= 15 is 0 Å². The Balaban J connectivity index is 1.15. The Kier molecular flexibility index (Phi) is 6.84. The highest BCUT2D eigenvalue weighted by Crippen LogP contribution is 2.23. The van der Waals surface area contributed by atoms with Crippen molar-refractivity contribution in [2.45, 2.75) is 39.0 Å². The molecule has 0 unspecified atom stereocenters. The minimum Gasteiger partial charge on any atom is -0.368 e. The van der Waals surface area contributed by atoms with Gasteiger partial charge in [-0.2, -0.15) is 0 Å². The molecule has 2 fully saturated rings. The standard InChI is InChI=1S/C23H31N5O3/c1-18-21(25-31-24-18)17-23(30)27-11-9-19(10-12-27)7-8-22(29)28-15-13-26(14-16-28)20-5-3-2-4-6-20/h2-6,19H,7-17H2,1H3. The average molecular weight is 426 g/mol. The molecule has 166 valence electrons. The van der Waals surface area contributed by atoms with Crippen molar-refractivity contribution in [3.63, 3.8) is 0 Å². The molecule has 3 heterocycles. The largest absolute Gasteiger partial charge is 0.368 e. The van der Waals surface area contributed by atoms with Gasteiger partial charge in [-0.3, -0.25) is 9.59 Å². The van der Waals surface area contributed by atoms with E-state index in [0.717, 1.165) is 58.5 Å². The van der Waals surface area contributed by atoms with Gasteiger partial charge in [0.25, 0.3) is 0 Å². The lowest BCUT2D eigenvalue weighted by molar-refractivity contribution is -0.133. The van der Waals surface area contributed by atoms with Crippen LogP contribution < -0.4 is 4.90 Å². The molecule has 4 rings (SSSR count). The van der Waals surface area contributed by atoms with E-state index in [9.17, 15) is 9.59 Å². The van der Waals surface area contributed by atoms with E-state index in [1.165, 1.54) is 5.69 Å². The summed E-state index contributed by atoms with van der Waals surface area (Å²) in [5.74, 6) is 0.846. The normalized spacial score (nSPS) is 17.8. The smallest absolute Gasteiger partial charge is 0.228 e. The lowest BCUT2D eigenvalue weighted by atomic mass is 9.91.